The summed E-state index contributed by atoms with van der Waals surface area (Å²) in [6.07, 6.45) is 0. The van der Waals surface area contributed by atoms with Crippen LogP contribution < -0.4 is 10.5 Å². The van der Waals surface area contributed by atoms with Gasteiger partial charge in [-0.1, -0.05) is 33.6 Å². The third-order valence-corrected chi connectivity index (χ3v) is 3.33. The van der Waals surface area contributed by atoms with Crippen LogP contribution in [-0.2, 0) is 0 Å². The summed E-state index contributed by atoms with van der Waals surface area (Å²) in [5.41, 5.74) is 7.04. The van der Waals surface area contributed by atoms with E-state index in [4.69, 9.17) is 27.5 Å². The molecule has 0 aromatic heterocycles. The molecule has 0 aliphatic heterocycles. The number of rotatable bonds is 3. The van der Waals surface area contributed by atoms with Crippen LogP contribution in [0.15, 0.2) is 40.9 Å². The Hall–Kier alpha value is -1.52. The summed E-state index contributed by atoms with van der Waals surface area (Å²) in [5, 5.41) is 8.09. The molecule has 0 saturated carbocycles. The lowest BCUT2D eigenvalue weighted by Gasteiger charge is -2.13. The standard InChI is InChI=1S/C14H12BrClN2O/c1-8-2-3-9(15)6-12(8)19-13-7-10(16)4-5-11(13)14(17)18/h2-7H,1H3,(H3,17,18). The lowest BCUT2D eigenvalue weighted by atomic mass is 10.1. The minimum atomic E-state index is -0.0562. The molecule has 0 aliphatic carbocycles. The zero-order chi connectivity index (χ0) is 14.0. The molecule has 0 atom stereocenters. The van der Waals surface area contributed by atoms with Crippen molar-refractivity contribution in [3.63, 3.8) is 0 Å². The molecule has 0 saturated heterocycles. The Balaban J connectivity index is 2.45. The number of halogens is 2. The second-order valence-corrected chi connectivity index (χ2v) is 5.42. The number of ether oxygens (including phenoxy) is 1. The largest absolute Gasteiger partial charge is 0.456 e. The van der Waals surface area contributed by atoms with Gasteiger partial charge in [-0.2, -0.15) is 0 Å². The molecule has 19 heavy (non-hydrogen) atoms. The van der Waals surface area contributed by atoms with Crippen LogP contribution in [0.2, 0.25) is 5.02 Å². The smallest absolute Gasteiger partial charge is 0.139 e. The predicted octanol–water partition coefficient (Wildman–Crippen LogP) is 4.49. The van der Waals surface area contributed by atoms with Gasteiger partial charge in [0.05, 0.1) is 5.56 Å². The van der Waals surface area contributed by atoms with E-state index >= 15 is 0 Å². The van der Waals surface area contributed by atoms with Crippen LogP contribution in [0.4, 0.5) is 0 Å². The first-order chi connectivity index (χ1) is 8.97. The van der Waals surface area contributed by atoms with Crippen LogP contribution in [0, 0.1) is 12.3 Å². The first kappa shape index (κ1) is 13.9. The highest BCUT2D eigenvalue weighted by molar-refractivity contribution is 9.10. The average molecular weight is 340 g/mol. The van der Waals surface area contributed by atoms with Crippen molar-refractivity contribution in [3.8, 4) is 11.5 Å². The fourth-order valence-corrected chi connectivity index (χ4v) is 2.11. The molecule has 0 unspecified atom stereocenters. The minimum Gasteiger partial charge on any atom is -0.456 e. The molecule has 2 aromatic rings. The second kappa shape index (κ2) is 5.63. The van der Waals surface area contributed by atoms with Crippen molar-refractivity contribution in [2.75, 3.05) is 0 Å². The number of aryl methyl sites for hydroxylation is 1. The third kappa shape index (κ3) is 3.28. The molecule has 0 radical (unpaired) electrons. The zero-order valence-electron chi connectivity index (χ0n) is 10.2. The number of amidine groups is 1. The third-order valence-electron chi connectivity index (χ3n) is 2.60. The first-order valence-corrected chi connectivity index (χ1v) is 6.72. The van der Waals surface area contributed by atoms with Crippen molar-refractivity contribution in [2.24, 2.45) is 5.73 Å². The minimum absolute atomic E-state index is 0.0562. The van der Waals surface area contributed by atoms with Gasteiger partial charge in [-0.25, -0.2) is 0 Å². The lowest BCUT2D eigenvalue weighted by Crippen LogP contribution is -2.12. The second-order valence-electron chi connectivity index (χ2n) is 4.07. The highest BCUT2D eigenvalue weighted by atomic mass is 79.9. The van der Waals surface area contributed by atoms with E-state index < -0.39 is 0 Å². The summed E-state index contributed by atoms with van der Waals surface area (Å²) in [4.78, 5) is 0. The highest BCUT2D eigenvalue weighted by Crippen LogP contribution is 2.31. The summed E-state index contributed by atoms with van der Waals surface area (Å²) in [5.74, 6) is 1.11. The summed E-state index contributed by atoms with van der Waals surface area (Å²) < 4.78 is 6.74. The van der Waals surface area contributed by atoms with E-state index in [0.29, 0.717) is 22.1 Å². The fourth-order valence-electron chi connectivity index (χ4n) is 1.61. The number of nitrogens with two attached hydrogens (primary N) is 1. The van der Waals surface area contributed by atoms with Crippen molar-refractivity contribution < 1.29 is 4.74 Å². The van der Waals surface area contributed by atoms with Crippen LogP contribution in [0.3, 0.4) is 0 Å². The van der Waals surface area contributed by atoms with Gasteiger partial charge in [0.2, 0.25) is 0 Å². The number of nitrogens with one attached hydrogen (secondary N) is 1. The molecule has 3 nitrogen and oxygen atoms in total. The van der Waals surface area contributed by atoms with Crippen LogP contribution in [0.1, 0.15) is 11.1 Å². The Morgan fingerprint density at radius 2 is 1.95 bits per heavy atom. The monoisotopic (exact) mass is 338 g/mol. The zero-order valence-corrected chi connectivity index (χ0v) is 12.5. The Bertz CT molecular complexity index is 643. The van der Waals surface area contributed by atoms with E-state index in [9.17, 15) is 0 Å². The molecule has 0 bridgehead atoms. The maximum Gasteiger partial charge on any atom is 0.139 e. The molecule has 0 amide bonds. The number of hydrogen-bond donors (Lipinski definition) is 2. The van der Waals surface area contributed by atoms with Crippen molar-refractivity contribution in [1.82, 2.24) is 0 Å². The topological polar surface area (TPSA) is 59.1 Å². The van der Waals surface area contributed by atoms with Gasteiger partial charge in [0.25, 0.3) is 0 Å². The Morgan fingerprint density at radius 3 is 2.63 bits per heavy atom. The van der Waals surface area contributed by atoms with E-state index in [2.05, 4.69) is 15.9 Å². The predicted molar refractivity (Wildman–Crippen MR) is 81.4 cm³/mol. The van der Waals surface area contributed by atoms with Crippen LogP contribution in [-0.4, -0.2) is 5.84 Å². The molecular weight excluding hydrogens is 328 g/mol. The summed E-state index contributed by atoms with van der Waals surface area (Å²) in [6, 6.07) is 10.7. The Kier molecular flexibility index (Phi) is 4.12. The van der Waals surface area contributed by atoms with E-state index in [1.54, 1.807) is 18.2 Å². The lowest BCUT2D eigenvalue weighted by molar-refractivity contribution is 0.477. The first-order valence-electron chi connectivity index (χ1n) is 5.55. The quantitative estimate of drug-likeness (QED) is 0.639. The van der Waals surface area contributed by atoms with Gasteiger partial charge < -0.3 is 10.5 Å². The van der Waals surface area contributed by atoms with E-state index in [1.807, 2.05) is 25.1 Å². The van der Waals surface area contributed by atoms with Gasteiger partial charge in [-0.15, -0.1) is 0 Å². The molecular formula is C14H12BrClN2O. The maximum absolute atomic E-state index is 7.55. The molecule has 2 aromatic carbocycles. The van der Waals surface area contributed by atoms with Gasteiger partial charge in [-0.05, 0) is 36.8 Å². The van der Waals surface area contributed by atoms with Gasteiger partial charge >= 0.3 is 0 Å². The summed E-state index contributed by atoms with van der Waals surface area (Å²) in [6.45, 7) is 1.94. The Labute approximate surface area is 125 Å². The molecule has 0 fully saturated rings. The van der Waals surface area contributed by atoms with Crippen molar-refractivity contribution in [1.29, 1.82) is 5.41 Å². The SMILES string of the molecule is Cc1ccc(Br)cc1Oc1cc(Cl)ccc1C(=N)N. The van der Waals surface area contributed by atoms with Gasteiger partial charge in [0.15, 0.2) is 0 Å². The molecule has 0 heterocycles. The van der Waals surface area contributed by atoms with Crippen LogP contribution in [0.5, 0.6) is 11.5 Å². The van der Waals surface area contributed by atoms with Gasteiger partial charge in [0, 0.05) is 15.6 Å². The normalized spacial score (nSPS) is 10.3. The van der Waals surface area contributed by atoms with Crippen molar-refractivity contribution in [2.45, 2.75) is 6.92 Å². The van der Waals surface area contributed by atoms with Crippen molar-refractivity contribution in [3.05, 3.63) is 57.0 Å². The summed E-state index contributed by atoms with van der Waals surface area (Å²) >= 11 is 9.36. The highest BCUT2D eigenvalue weighted by Gasteiger charge is 2.10. The summed E-state index contributed by atoms with van der Waals surface area (Å²) in [7, 11) is 0. The van der Waals surface area contributed by atoms with Gasteiger partial charge in [-0.3, -0.25) is 5.41 Å². The molecule has 3 N–H and O–H groups in total. The fraction of sp³-hybridized carbons (Fsp3) is 0.0714. The Morgan fingerprint density at radius 1 is 1.21 bits per heavy atom. The maximum atomic E-state index is 7.55. The average Bonchev–Trinajstić information content (AvgIpc) is 2.33. The molecule has 5 heteroatoms. The van der Waals surface area contributed by atoms with E-state index in [0.717, 1.165) is 10.0 Å². The molecule has 98 valence electrons. The van der Waals surface area contributed by atoms with Crippen LogP contribution >= 0.6 is 27.5 Å². The number of benzene rings is 2. The van der Waals surface area contributed by atoms with Gasteiger partial charge in [0.1, 0.15) is 17.3 Å². The van der Waals surface area contributed by atoms with Crippen LogP contribution in [0.25, 0.3) is 0 Å². The molecule has 0 aliphatic rings. The molecule has 0 spiro atoms. The van der Waals surface area contributed by atoms with Crippen molar-refractivity contribution >= 4 is 33.4 Å². The number of nitrogen functional groups attached to an aromatic ring is 1. The van der Waals surface area contributed by atoms with E-state index in [-0.39, 0.29) is 5.84 Å². The molecule has 2 rings (SSSR count). The van der Waals surface area contributed by atoms with E-state index in [1.165, 1.54) is 0 Å². The number of hydrogen-bond acceptors (Lipinski definition) is 2.